The molecule has 23 heavy (non-hydrogen) atoms. The molecule has 1 aliphatic carbocycles. The Morgan fingerprint density at radius 1 is 1.30 bits per heavy atom. The highest BCUT2D eigenvalue weighted by Gasteiger charge is 2.37. The predicted octanol–water partition coefficient (Wildman–Crippen LogP) is 3.22. The average Bonchev–Trinajstić information content (AvgIpc) is 3.20. The first kappa shape index (κ1) is 14.7. The van der Waals surface area contributed by atoms with Crippen molar-refractivity contribution < 1.29 is 13.9 Å². The number of carbonyl (C=O) groups excluding carboxylic acids is 1. The summed E-state index contributed by atoms with van der Waals surface area (Å²) in [4.78, 5) is 11.9. The van der Waals surface area contributed by atoms with E-state index in [1.54, 1.807) is 18.2 Å². The maximum absolute atomic E-state index is 14.1. The number of rotatable bonds is 4. The maximum atomic E-state index is 14.1. The predicted molar refractivity (Wildman–Crippen MR) is 83.5 cm³/mol. The van der Waals surface area contributed by atoms with Gasteiger partial charge in [0.2, 0.25) is 0 Å². The highest BCUT2D eigenvalue weighted by molar-refractivity contribution is 8.00. The van der Waals surface area contributed by atoms with Gasteiger partial charge in [-0.25, -0.2) is 4.39 Å². The van der Waals surface area contributed by atoms with Crippen LogP contribution in [0.15, 0.2) is 29.4 Å². The first-order valence-electron chi connectivity index (χ1n) is 7.70. The number of nitrogens with zero attached hydrogens (tertiary/aromatic N) is 3. The second kappa shape index (κ2) is 5.63. The van der Waals surface area contributed by atoms with E-state index in [9.17, 15) is 9.18 Å². The molecule has 120 valence electrons. The van der Waals surface area contributed by atoms with Gasteiger partial charge < -0.3 is 4.74 Å². The van der Waals surface area contributed by atoms with E-state index in [4.69, 9.17) is 4.74 Å². The Kier molecular flexibility index (Phi) is 3.60. The van der Waals surface area contributed by atoms with Gasteiger partial charge in [0.05, 0.1) is 5.56 Å². The molecule has 2 aliphatic rings. The van der Waals surface area contributed by atoms with Crippen LogP contribution in [-0.2, 0) is 9.53 Å². The third kappa shape index (κ3) is 2.73. The van der Waals surface area contributed by atoms with Crippen molar-refractivity contribution >= 4 is 17.7 Å². The smallest absolute Gasteiger partial charge is 0.319 e. The fraction of sp³-hybridized carbons (Fsp3) is 0.438. The molecule has 7 heteroatoms. The fourth-order valence-electron chi connectivity index (χ4n) is 2.79. The van der Waals surface area contributed by atoms with E-state index >= 15 is 0 Å². The molecule has 1 saturated carbocycles. The second-order valence-corrected chi connectivity index (χ2v) is 7.15. The summed E-state index contributed by atoms with van der Waals surface area (Å²) in [7, 11) is 0. The minimum atomic E-state index is -0.313. The number of hydrogen-bond donors (Lipinski definition) is 0. The lowest BCUT2D eigenvalue weighted by Gasteiger charge is -2.10. The van der Waals surface area contributed by atoms with Gasteiger partial charge in [-0.15, -0.1) is 10.2 Å². The first-order valence-corrected chi connectivity index (χ1v) is 8.58. The van der Waals surface area contributed by atoms with Crippen molar-refractivity contribution in [1.29, 1.82) is 0 Å². The summed E-state index contributed by atoms with van der Waals surface area (Å²) in [5.74, 6) is 0.0139. The van der Waals surface area contributed by atoms with Crippen molar-refractivity contribution in [3.05, 3.63) is 30.1 Å². The highest BCUT2D eigenvalue weighted by atomic mass is 32.2. The topological polar surface area (TPSA) is 57.0 Å². The van der Waals surface area contributed by atoms with Gasteiger partial charge in [0, 0.05) is 12.5 Å². The minimum Gasteiger partial charge on any atom is -0.462 e. The van der Waals surface area contributed by atoms with Crippen LogP contribution >= 0.6 is 11.8 Å². The summed E-state index contributed by atoms with van der Waals surface area (Å²) in [6, 6.07) is 6.86. The SMILES string of the molecule is C[C@@H]1C[C@@H](Sc2nnc(-c3ccccc3F)n2C2CC2)C(=O)O1. The second-order valence-electron chi connectivity index (χ2n) is 5.98. The quantitative estimate of drug-likeness (QED) is 0.804. The van der Waals surface area contributed by atoms with E-state index in [1.807, 2.05) is 11.5 Å². The molecule has 2 fully saturated rings. The third-order valence-electron chi connectivity index (χ3n) is 4.07. The van der Waals surface area contributed by atoms with E-state index in [0.717, 1.165) is 12.8 Å². The average molecular weight is 333 g/mol. The van der Waals surface area contributed by atoms with Gasteiger partial charge in [-0.2, -0.15) is 0 Å². The monoisotopic (exact) mass is 333 g/mol. The molecule has 1 aliphatic heterocycles. The van der Waals surface area contributed by atoms with Crippen LogP contribution in [0, 0.1) is 5.82 Å². The van der Waals surface area contributed by atoms with E-state index in [-0.39, 0.29) is 29.2 Å². The summed E-state index contributed by atoms with van der Waals surface area (Å²) < 4.78 is 21.3. The third-order valence-corrected chi connectivity index (χ3v) is 5.22. The molecule has 0 amide bonds. The molecule has 0 spiro atoms. The van der Waals surface area contributed by atoms with Crippen molar-refractivity contribution in [3.63, 3.8) is 0 Å². The van der Waals surface area contributed by atoms with Crippen molar-refractivity contribution in [1.82, 2.24) is 14.8 Å². The molecule has 1 aromatic carbocycles. The van der Waals surface area contributed by atoms with Gasteiger partial charge >= 0.3 is 5.97 Å². The van der Waals surface area contributed by atoms with Gasteiger partial charge in [0.25, 0.3) is 0 Å². The highest BCUT2D eigenvalue weighted by Crippen LogP contribution is 2.43. The number of esters is 1. The summed E-state index contributed by atoms with van der Waals surface area (Å²) in [5, 5.41) is 8.82. The van der Waals surface area contributed by atoms with E-state index in [1.165, 1.54) is 17.8 Å². The van der Waals surface area contributed by atoms with Gasteiger partial charge in [-0.3, -0.25) is 9.36 Å². The maximum Gasteiger partial charge on any atom is 0.319 e. The number of aromatic nitrogens is 3. The normalized spacial score (nSPS) is 24.0. The number of halogens is 1. The van der Waals surface area contributed by atoms with Crippen molar-refractivity contribution in [3.8, 4) is 11.4 Å². The molecule has 0 N–H and O–H groups in total. The number of hydrogen-bond acceptors (Lipinski definition) is 5. The van der Waals surface area contributed by atoms with Crippen LogP contribution in [0.2, 0.25) is 0 Å². The van der Waals surface area contributed by atoms with E-state index in [2.05, 4.69) is 10.2 Å². The molecule has 2 heterocycles. The van der Waals surface area contributed by atoms with Gasteiger partial charge in [0.1, 0.15) is 17.2 Å². The van der Waals surface area contributed by atoms with Crippen LogP contribution in [0.1, 0.15) is 32.2 Å². The molecule has 5 nitrogen and oxygen atoms in total. The number of benzene rings is 1. The minimum absolute atomic E-state index is 0.0664. The van der Waals surface area contributed by atoms with Crippen LogP contribution in [0.5, 0.6) is 0 Å². The first-order chi connectivity index (χ1) is 11.1. The van der Waals surface area contributed by atoms with Crippen LogP contribution in [0.3, 0.4) is 0 Å². The number of carbonyl (C=O) groups is 1. The zero-order valence-electron chi connectivity index (χ0n) is 12.6. The summed E-state index contributed by atoms with van der Waals surface area (Å²) >= 11 is 1.37. The van der Waals surface area contributed by atoms with E-state index < -0.39 is 0 Å². The Hall–Kier alpha value is -1.89. The molecule has 0 radical (unpaired) electrons. The lowest BCUT2D eigenvalue weighted by molar-refractivity contribution is -0.140. The standard InChI is InChI=1S/C16H16FN3O2S/c1-9-8-13(15(21)22-9)23-16-19-18-14(20(16)10-6-7-10)11-4-2-3-5-12(11)17/h2-5,9-10,13H,6-8H2,1H3/t9-,13-/m1/s1. The number of cyclic esters (lactones) is 1. The Morgan fingerprint density at radius 3 is 2.74 bits per heavy atom. The Balaban J connectivity index is 1.69. The zero-order valence-corrected chi connectivity index (χ0v) is 13.4. The van der Waals surface area contributed by atoms with Crippen molar-refractivity contribution in [2.75, 3.05) is 0 Å². The molecule has 2 atom stereocenters. The molecular formula is C16H16FN3O2S. The largest absolute Gasteiger partial charge is 0.462 e. The summed E-state index contributed by atoms with van der Waals surface area (Å²) in [6.07, 6.45) is 2.65. The molecule has 1 saturated heterocycles. The van der Waals surface area contributed by atoms with Gasteiger partial charge in [-0.1, -0.05) is 23.9 Å². The summed E-state index contributed by atoms with van der Waals surface area (Å²) in [6.45, 7) is 1.88. The van der Waals surface area contributed by atoms with Crippen LogP contribution < -0.4 is 0 Å². The lowest BCUT2D eigenvalue weighted by Crippen LogP contribution is -2.11. The zero-order chi connectivity index (χ0) is 16.0. The van der Waals surface area contributed by atoms with Crippen molar-refractivity contribution in [2.45, 2.75) is 48.7 Å². The number of ether oxygens (including phenoxy) is 1. The number of thioether (sulfide) groups is 1. The molecular weight excluding hydrogens is 317 g/mol. The van der Waals surface area contributed by atoms with E-state index in [0.29, 0.717) is 23.0 Å². The van der Waals surface area contributed by atoms with Crippen LogP contribution in [0.25, 0.3) is 11.4 Å². The molecule has 2 aromatic rings. The lowest BCUT2D eigenvalue weighted by atomic mass is 10.2. The van der Waals surface area contributed by atoms with Gasteiger partial charge in [-0.05, 0) is 31.9 Å². The Morgan fingerprint density at radius 2 is 2.09 bits per heavy atom. The Bertz CT molecular complexity index is 760. The molecule has 0 unspecified atom stereocenters. The molecule has 4 rings (SSSR count). The molecule has 0 bridgehead atoms. The van der Waals surface area contributed by atoms with Crippen LogP contribution in [0.4, 0.5) is 4.39 Å². The van der Waals surface area contributed by atoms with Crippen molar-refractivity contribution in [2.24, 2.45) is 0 Å². The molecule has 1 aromatic heterocycles. The summed E-state index contributed by atoms with van der Waals surface area (Å²) in [5.41, 5.74) is 0.445. The van der Waals surface area contributed by atoms with Gasteiger partial charge in [0.15, 0.2) is 11.0 Å². The van der Waals surface area contributed by atoms with Crippen LogP contribution in [-0.4, -0.2) is 32.1 Å². The fourth-order valence-corrected chi connectivity index (χ4v) is 4.00. The Labute approximate surface area is 137 Å².